The summed E-state index contributed by atoms with van der Waals surface area (Å²) in [4.78, 5) is 12.2. The number of rotatable bonds is 5. The number of urea groups is 1. The maximum Gasteiger partial charge on any atom is 0.315 e. The first-order valence-corrected chi connectivity index (χ1v) is 7.87. The summed E-state index contributed by atoms with van der Waals surface area (Å²) in [7, 11) is 1.65. The summed E-state index contributed by atoms with van der Waals surface area (Å²) in [5, 5.41) is 6.04. The molecule has 4 heteroatoms. The molecule has 0 atom stereocenters. The number of hydrogen-bond donors (Lipinski definition) is 2. The first kappa shape index (κ1) is 15.4. The van der Waals surface area contributed by atoms with Gasteiger partial charge in [-0.2, -0.15) is 0 Å². The van der Waals surface area contributed by atoms with Crippen molar-refractivity contribution < 1.29 is 9.53 Å². The number of carbonyl (C=O) groups excluding carboxylic acids is 1. The van der Waals surface area contributed by atoms with Crippen LogP contribution >= 0.6 is 0 Å². The van der Waals surface area contributed by atoms with Crippen LogP contribution in [0.25, 0.3) is 0 Å². The van der Waals surface area contributed by atoms with Crippen molar-refractivity contribution >= 4 is 6.03 Å². The Morgan fingerprint density at radius 2 is 1.74 bits per heavy atom. The molecule has 2 N–H and O–H groups in total. The number of amides is 2. The van der Waals surface area contributed by atoms with Gasteiger partial charge < -0.3 is 15.4 Å². The van der Waals surface area contributed by atoms with Crippen molar-refractivity contribution in [1.29, 1.82) is 0 Å². The molecular weight excluding hydrogens is 288 g/mol. The van der Waals surface area contributed by atoms with Crippen LogP contribution in [0.1, 0.15) is 29.5 Å². The second-order valence-corrected chi connectivity index (χ2v) is 6.10. The van der Waals surface area contributed by atoms with Crippen molar-refractivity contribution in [1.82, 2.24) is 10.6 Å². The van der Waals surface area contributed by atoms with Gasteiger partial charge in [0, 0.05) is 6.54 Å². The molecule has 0 heterocycles. The minimum Gasteiger partial charge on any atom is -0.497 e. The van der Waals surface area contributed by atoms with Gasteiger partial charge in [0.2, 0.25) is 0 Å². The van der Waals surface area contributed by atoms with E-state index in [1.54, 1.807) is 7.11 Å². The SMILES string of the molecule is COc1ccc(C2(NC(=O)NCc3ccc(C)cc3)CC2)cc1. The van der Waals surface area contributed by atoms with Crippen molar-refractivity contribution in [2.24, 2.45) is 0 Å². The number of carbonyl (C=O) groups is 1. The predicted molar refractivity (Wildman–Crippen MR) is 90.5 cm³/mol. The van der Waals surface area contributed by atoms with Crippen LogP contribution < -0.4 is 15.4 Å². The highest BCUT2D eigenvalue weighted by Gasteiger charge is 2.45. The Labute approximate surface area is 136 Å². The van der Waals surface area contributed by atoms with Crippen molar-refractivity contribution in [2.45, 2.75) is 31.8 Å². The molecular formula is C19H22N2O2. The van der Waals surface area contributed by atoms with Gasteiger partial charge in [-0.05, 0) is 43.0 Å². The fourth-order valence-electron chi connectivity index (χ4n) is 2.67. The summed E-state index contributed by atoms with van der Waals surface area (Å²) >= 11 is 0. The van der Waals surface area contributed by atoms with Crippen molar-refractivity contribution in [2.75, 3.05) is 7.11 Å². The lowest BCUT2D eigenvalue weighted by Crippen LogP contribution is -2.41. The van der Waals surface area contributed by atoms with Crippen LogP contribution in [-0.4, -0.2) is 13.1 Å². The van der Waals surface area contributed by atoms with Gasteiger partial charge >= 0.3 is 6.03 Å². The van der Waals surface area contributed by atoms with Gasteiger partial charge in [-0.25, -0.2) is 4.79 Å². The third-order valence-electron chi connectivity index (χ3n) is 4.32. The first-order valence-electron chi connectivity index (χ1n) is 7.87. The Balaban J connectivity index is 1.57. The topological polar surface area (TPSA) is 50.4 Å². The highest BCUT2D eigenvalue weighted by atomic mass is 16.5. The van der Waals surface area contributed by atoms with E-state index in [4.69, 9.17) is 4.74 Å². The molecule has 2 aromatic carbocycles. The molecule has 0 aromatic heterocycles. The molecule has 1 saturated carbocycles. The molecule has 1 aliphatic carbocycles. The van der Waals surface area contributed by atoms with Crippen LogP contribution in [0.5, 0.6) is 5.75 Å². The van der Waals surface area contributed by atoms with Gasteiger partial charge in [-0.15, -0.1) is 0 Å². The quantitative estimate of drug-likeness (QED) is 0.888. The van der Waals surface area contributed by atoms with Gasteiger partial charge in [0.15, 0.2) is 0 Å². The first-order chi connectivity index (χ1) is 11.1. The molecule has 2 aromatic rings. The molecule has 1 fully saturated rings. The zero-order valence-electron chi connectivity index (χ0n) is 13.6. The highest BCUT2D eigenvalue weighted by Crippen LogP contribution is 2.45. The molecule has 0 aliphatic heterocycles. The Bertz CT molecular complexity index is 674. The van der Waals surface area contributed by atoms with Crippen LogP contribution in [-0.2, 0) is 12.1 Å². The standard InChI is InChI=1S/C19H22N2O2/c1-14-3-5-15(6-4-14)13-20-18(22)21-19(11-12-19)16-7-9-17(23-2)10-8-16/h3-10H,11-13H2,1-2H3,(H2,20,21,22). The van der Waals surface area contributed by atoms with E-state index in [0.29, 0.717) is 6.54 Å². The van der Waals surface area contributed by atoms with Crippen molar-refractivity contribution in [3.63, 3.8) is 0 Å². The summed E-state index contributed by atoms with van der Waals surface area (Å²) in [5.74, 6) is 0.827. The summed E-state index contributed by atoms with van der Waals surface area (Å²) in [6.45, 7) is 2.58. The third kappa shape index (κ3) is 3.65. The minimum atomic E-state index is -0.219. The molecule has 0 bridgehead atoms. The lowest BCUT2D eigenvalue weighted by atomic mass is 10.1. The average Bonchev–Trinajstić information content (AvgIpc) is 3.35. The van der Waals surface area contributed by atoms with E-state index in [0.717, 1.165) is 29.7 Å². The Kier molecular flexibility index (Phi) is 4.24. The lowest BCUT2D eigenvalue weighted by Gasteiger charge is -2.19. The molecule has 0 saturated heterocycles. The average molecular weight is 310 g/mol. The molecule has 4 nitrogen and oxygen atoms in total. The molecule has 1 aliphatic rings. The number of hydrogen-bond acceptors (Lipinski definition) is 2. The van der Waals surface area contributed by atoms with E-state index < -0.39 is 0 Å². The Hall–Kier alpha value is -2.49. The van der Waals surface area contributed by atoms with Crippen molar-refractivity contribution in [3.05, 3.63) is 65.2 Å². The number of nitrogens with one attached hydrogen (secondary N) is 2. The van der Waals surface area contributed by atoms with Crippen LogP contribution in [0.4, 0.5) is 4.79 Å². The van der Waals surface area contributed by atoms with Crippen LogP contribution in [0, 0.1) is 6.92 Å². The van der Waals surface area contributed by atoms with Crippen molar-refractivity contribution in [3.8, 4) is 5.75 Å². The zero-order valence-corrected chi connectivity index (χ0v) is 13.6. The number of aryl methyl sites for hydroxylation is 1. The van der Waals surface area contributed by atoms with Gasteiger partial charge in [0.05, 0.1) is 12.6 Å². The van der Waals surface area contributed by atoms with Gasteiger partial charge in [-0.3, -0.25) is 0 Å². The van der Waals surface area contributed by atoms with E-state index in [1.807, 2.05) is 36.4 Å². The normalized spacial score (nSPS) is 14.9. The van der Waals surface area contributed by atoms with Gasteiger partial charge in [0.25, 0.3) is 0 Å². The van der Waals surface area contributed by atoms with Crippen LogP contribution in [0.2, 0.25) is 0 Å². The van der Waals surface area contributed by atoms with E-state index >= 15 is 0 Å². The molecule has 0 unspecified atom stereocenters. The third-order valence-corrected chi connectivity index (χ3v) is 4.32. The van der Waals surface area contributed by atoms with Crippen LogP contribution in [0.3, 0.4) is 0 Å². The smallest absolute Gasteiger partial charge is 0.315 e. The summed E-state index contributed by atoms with van der Waals surface area (Å²) in [6, 6.07) is 15.9. The van der Waals surface area contributed by atoms with E-state index in [9.17, 15) is 4.79 Å². The predicted octanol–water partition coefficient (Wildman–Crippen LogP) is 3.49. The summed E-state index contributed by atoms with van der Waals surface area (Å²) in [5.41, 5.74) is 3.22. The maximum absolute atomic E-state index is 12.2. The Morgan fingerprint density at radius 1 is 1.09 bits per heavy atom. The lowest BCUT2D eigenvalue weighted by molar-refractivity contribution is 0.235. The fourth-order valence-corrected chi connectivity index (χ4v) is 2.67. The molecule has 120 valence electrons. The fraction of sp³-hybridized carbons (Fsp3) is 0.316. The second-order valence-electron chi connectivity index (χ2n) is 6.10. The van der Waals surface area contributed by atoms with E-state index in [2.05, 4.69) is 29.7 Å². The summed E-state index contributed by atoms with van der Waals surface area (Å²) < 4.78 is 5.18. The number of ether oxygens (including phenoxy) is 1. The van der Waals surface area contributed by atoms with E-state index in [1.165, 1.54) is 5.56 Å². The van der Waals surface area contributed by atoms with E-state index in [-0.39, 0.29) is 11.6 Å². The van der Waals surface area contributed by atoms with Crippen LogP contribution in [0.15, 0.2) is 48.5 Å². The maximum atomic E-state index is 12.2. The largest absolute Gasteiger partial charge is 0.497 e. The summed E-state index contributed by atoms with van der Waals surface area (Å²) in [6.07, 6.45) is 1.94. The Morgan fingerprint density at radius 3 is 2.30 bits per heavy atom. The zero-order chi connectivity index (χ0) is 16.3. The highest BCUT2D eigenvalue weighted by molar-refractivity contribution is 5.75. The molecule has 0 spiro atoms. The monoisotopic (exact) mass is 310 g/mol. The van der Waals surface area contributed by atoms with Gasteiger partial charge in [0.1, 0.15) is 5.75 Å². The molecule has 3 rings (SSSR count). The molecule has 23 heavy (non-hydrogen) atoms. The molecule has 2 amide bonds. The molecule has 0 radical (unpaired) electrons. The second kappa shape index (κ2) is 6.32. The number of benzene rings is 2. The number of methoxy groups -OCH3 is 1. The van der Waals surface area contributed by atoms with Gasteiger partial charge in [-0.1, -0.05) is 42.0 Å². The minimum absolute atomic E-state index is 0.126.